The number of ketones is 1. The maximum Gasteiger partial charge on any atom is 0.136 e. The Morgan fingerprint density at radius 1 is 1.03 bits per heavy atom. The third-order valence-electron chi connectivity index (χ3n) is 10.5. The molecule has 164 valence electrons. The summed E-state index contributed by atoms with van der Waals surface area (Å²) < 4.78 is 0. The fourth-order valence-electron chi connectivity index (χ4n) is 8.86. The molecule has 0 heterocycles. The predicted molar refractivity (Wildman–Crippen MR) is 123 cm³/mol. The maximum atomic E-state index is 12.2. The first-order valence-electron chi connectivity index (χ1n) is 12.9. The summed E-state index contributed by atoms with van der Waals surface area (Å²) in [5.41, 5.74) is 2.38. The summed E-state index contributed by atoms with van der Waals surface area (Å²) in [4.78, 5) is 12.2. The molecule has 0 aromatic carbocycles. The van der Waals surface area contributed by atoms with E-state index in [4.69, 9.17) is 0 Å². The van der Waals surface area contributed by atoms with Crippen LogP contribution in [0.1, 0.15) is 106 Å². The smallest absolute Gasteiger partial charge is 0.136 e. The summed E-state index contributed by atoms with van der Waals surface area (Å²) >= 11 is 0. The highest BCUT2D eigenvalue weighted by Gasteiger charge is 2.60. The minimum absolute atomic E-state index is 0.313. The van der Waals surface area contributed by atoms with Crippen LogP contribution in [-0.2, 0) is 4.79 Å². The van der Waals surface area contributed by atoms with Crippen LogP contribution in [0.5, 0.6) is 0 Å². The molecule has 29 heavy (non-hydrogen) atoms. The number of carbonyl (C=O) groups is 1. The molecule has 4 rings (SSSR count). The Bertz CT molecular complexity index is 659. The minimum atomic E-state index is 0.313. The van der Waals surface area contributed by atoms with Crippen molar-refractivity contribution in [3.8, 4) is 0 Å². The van der Waals surface area contributed by atoms with Crippen LogP contribution in [0.2, 0.25) is 0 Å². The van der Waals surface area contributed by atoms with Crippen molar-refractivity contribution in [3.63, 3.8) is 0 Å². The minimum Gasteiger partial charge on any atom is -0.299 e. The Hall–Kier alpha value is -0.590. The van der Waals surface area contributed by atoms with Gasteiger partial charge in [0.1, 0.15) is 5.78 Å². The molecule has 0 bridgehead atoms. The molecule has 8 atom stereocenters. The topological polar surface area (TPSA) is 17.1 Å². The Morgan fingerprint density at radius 3 is 2.52 bits per heavy atom. The van der Waals surface area contributed by atoms with E-state index in [9.17, 15) is 4.79 Å². The summed E-state index contributed by atoms with van der Waals surface area (Å²) in [6.45, 7) is 15.0. The van der Waals surface area contributed by atoms with Crippen molar-refractivity contribution in [3.05, 3.63) is 11.6 Å². The van der Waals surface area contributed by atoms with Crippen molar-refractivity contribution in [1.29, 1.82) is 0 Å². The summed E-state index contributed by atoms with van der Waals surface area (Å²) in [6, 6.07) is 0. The van der Waals surface area contributed by atoms with Gasteiger partial charge in [-0.25, -0.2) is 0 Å². The van der Waals surface area contributed by atoms with Crippen LogP contribution in [-0.4, -0.2) is 5.78 Å². The number of hydrogen-bond acceptors (Lipinski definition) is 1. The largest absolute Gasteiger partial charge is 0.299 e. The van der Waals surface area contributed by atoms with Gasteiger partial charge in [-0.3, -0.25) is 4.79 Å². The second-order valence-electron chi connectivity index (χ2n) is 12.5. The monoisotopic (exact) mass is 398 g/mol. The van der Waals surface area contributed by atoms with Gasteiger partial charge in [0.2, 0.25) is 0 Å². The van der Waals surface area contributed by atoms with Gasteiger partial charge in [0.15, 0.2) is 0 Å². The highest BCUT2D eigenvalue weighted by molar-refractivity contribution is 5.82. The van der Waals surface area contributed by atoms with Crippen LogP contribution in [0, 0.1) is 52.3 Å². The van der Waals surface area contributed by atoms with E-state index in [0.29, 0.717) is 22.5 Å². The normalized spacial score (nSPS) is 45.4. The summed E-state index contributed by atoms with van der Waals surface area (Å²) in [5.74, 6) is 6.37. The standard InChI is InChI=1S/C28H46O/c1-18(2)8-7-9-19(3)23-10-11-24-26-20(4)16-21-17-22(29)12-14-27(21,5)25(26)13-15-28(23,24)6/h16,18-20,23-26H,7-15,17H2,1-6H3/t19-,20+,23-,24+,25+,26+,27+,28-/m1/s1. The molecule has 0 aromatic rings. The van der Waals surface area contributed by atoms with Gasteiger partial charge in [0.25, 0.3) is 0 Å². The lowest BCUT2D eigenvalue weighted by atomic mass is 9.45. The molecule has 0 radical (unpaired) electrons. The van der Waals surface area contributed by atoms with Crippen LogP contribution < -0.4 is 0 Å². The molecule has 1 nitrogen and oxygen atoms in total. The number of allylic oxidation sites excluding steroid dienone is 2. The SMILES string of the molecule is CC(C)CCC[C@@H](C)[C@H]1CC[C@H]2[C@@H]3[C@@H](C)C=C4CC(=O)CC[C@]4(C)[C@H]3CC[C@]12C. The maximum absolute atomic E-state index is 12.2. The van der Waals surface area contributed by atoms with Gasteiger partial charge < -0.3 is 0 Å². The second-order valence-corrected chi connectivity index (χ2v) is 12.5. The lowest BCUT2D eigenvalue weighted by Crippen LogP contribution is -2.52. The number of fused-ring (bicyclic) bond motifs is 5. The van der Waals surface area contributed by atoms with E-state index in [1.54, 1.807) is 0 Å². The molecular weight excluding hydrogens is 352 g/mol. The number of carbonyl (C=O) groups excluding carboxylic acids is 1. The van der Waals surface area contributed by atoms with Crippen molar-refractivity contribution < 1.29 is 4.79 Å². The lowest BCUT2D eigenvalue weighted by molar-refractivity contribution is -0.123. The van der Waals surface area contributed by atoms with Gasteiger partial charge in [-0.05, 0) is 84.4 Å². The van der Waals surface area contributed by atoms with E-state index < -0.39 is 0 Å². The molecule has 0 N–H and O–H groups in total. The zero-order valence-corrected chi connectivity index (χ0v) is 20.1. The zero-order chi connectivity index (χ0) is 21.0. The molecule has 4 aliphatic rings. The van der Waals surface area contributed by atoms with Gasteiger partial charge >= 0.3 is 0 Å². The Morgan fingerprint density at radius 2 is 1.79 bits per heavy atom. The lowest BCUT2D eigenvalue weighted by Gasteiger charge is -2.59. The van der Waals surface area contributed by atoms with E-state index in [1.165, 1.54) is 50.5 Å². The molecule has 0 saturated heterocycles. The van der Waals surface area contributed by atoms with Crippen molar-refractivity contribution in [2.24, 2.45) is 52.3 Å². The Labute approximate surface area is 180 Å². The fraction of sp³-hybridized carbons (Fsp3) is 0.893. The van der Waals surface area contributed by atoms with E-state index in [0.717, 1.165) is 54.8 Å². The number of hydrogen-bond donors (Lipinski definition) is 0. The molecule has 3 saturated carbocycles. The first kappa shape index (κ1) is 21.6. The van der Waals surface area contributed by atoms with Crippen molar-refractivity contribution in [2.75, 3.05) is 0 Å². The molecule has 0 aromatic heterocycles. The zero-order valence-electron chi connectivity index (χ0n) is 20.1. The molecule has 3 fully saturated rings. The van der Waals surface area contributed by atoms with Crippen LogP contribution >= 0.6 is 0 Å². The second kappa shape index (κ2) is 7.83. The average molecular weight is 399 g/mol. The van der Waals surface area contributed by atoms with Gasteiger partial charge in [-0.2, -0.15) is 0 Å². The summed E-state index contributed by atoms with van der Waals surface area (Å²) in [6.07, 6.45) is 15.3. The number of Topliss-reactive ketones (excluding diaryl/α,β-unsaturated/α-hetero) is 1. The average Bonchev–Trinajstić information content (AvgIpc) is 3.00. The van der Waals surface area contributed by atoms with E-state index in [2.05, 4.69) is 47.6 Å². The highest BCUT2D eigenvalue weighted by atomic mass is 16.1. The Balaban J connectivity index is 1.54. The Kier molecular flexibility index (Phi) is 5.84. The fourth-order valence-corrected chi connectivity index (χ4v) is 8.86. The van der Waals surface area contributed by atoms with Crippen LogP contribution in [0.3, 0.4) is 0 Å². The first-order valence-corrected chi connectivity index (χ1v) is 12.9. The van der Waals surface area contributed by atoms with E-state index >= 15 is 0 Å². The third kappa shape index (κ3) is 3.57. The molecule has 0 amide bonds. The predicted octanol–water partition coefficient (Wildman–Crippen LogP) is 7.84. The van der Waals surface area contributed by atoms with Crippen LogP contribution in [0.4, 0.5) is 0 Å². The quantitative estimate of drug-likeness (QED) is 0.431. The van der Waals surface area contributed by atoms with Gasteiger partial charge in [0, 0.05) is 12.8 Å². The molecule has 1 heteroatoms. The first-order chi connectivity index (χ1) is 13.7. The van der Waals surface area contributed by atoms with Gasteiger partial charge in [-0.1, -0.05) is 72.5 Å². The van der Waals surface area contributed by atoms with Crippen LogP contribution in [0.15, 0.2) is 11.6 Å². The van der Waals surface area contributed by atoms with Crippen molar-refractivity contribution >= 4 is 5.78 Å². The highest BCUT2D eigenvalue weighted by Crippen LogP contribution is 2.68. The van der Waals surface area contributed by atoms with E-state index in [1.807, 2.05) is 0 Å². The summed E-state index contributed by atoms with van der Waals surface area (Å²) in [5, 5.41) is 0. The van der Waals surface area contributed by atoms with Crippen LogP contribution in [0.25, 0.3) is 0 Å². The summed E-state index contributed by atoms with van der Waals surface area (Å²) in [7, 11) is 0. The molecular formula is C28H46O. The van der Waals surface area contributed by atoms with Gasteiger partial charge in [0.05, 0.1) is 0 Å². The molecule has 0 unspecified atom stereocenters. The van der Waals surface area contributed by atoms with Crippen molar-refractivity contribution in [1.82, 2.24) is 0 Å². The molecule has 4 aliphatic carbocycles. The van der Waals surface area contributed by atoms with E-state index in [-0.39, 0.29) is 0 Å². The molecule has 0 aliphatic heterocycles. The van der Waals surface area contributed by atoms with Crippen molar-refractivity contribution in [2.45, 2.75) is 106 Å². The van der Waals surface area contributed by atoms with Gasteiger partial charge in [-0.15, -0.1) is 0 Å². The number of rotatable bonds is 5. The third-order valence-corrected chi connectivity index (χ3v) is 10.5. The molecule has 0 spiro atoms.